The number of aliphatic hydroxyl groups is 7. The van der Waals surface area contributed by atoms with Gasteiger partial charge in [0.25, 0.3) is 0 Å². The number of rotatable bonds is 42. The Bertz CT molecular complexity index is 1490. The van der Waals surface area contributed by atoms with E-state index in [-0.39, 0.29) is 19.6 Å². The molecule has 2 heterocycles. The van der Waals surface area contributed by atoms with Crippen molar-refractivity contribution in [2.75, 3.05) is 33.0 Å². The fourth-order valence-electron chi connectivity index (χ4n) is 8.01. The summed E-state index contributed by atoms with van der Waals surface area (Å²) in [6.45, 7) is 3.45. The highest BCUT2D eigenvalue weighted by atomic mass is 16.7. The van der Waals surface area contributed by atoms with Gasteiger partial charge < -0.3 is 64.2 Å². The number of hydrogen-bond donors (Lipinski definition) is 7. The molecule has 11 atom stereocenters. The Labute approximate surface area is 427 Å². The van der Waals surface area contributed by atoms with Crippen LogP contribution in [0.4, 0.5) is 0 Å². The van der Waals surface area contributed by atoms with E-state index in [0.717, 1.165) is 57.8 Å². The Morgan fingerprint density at radius 2 is 0.915 bits per heavy atom. The number of carbonyl (C=O) groups is 1. The van der Waals surface area contributed by atoms with Crippen LogP contribution in [-0.4, -0.2) is 142 Å². The highest BCUT2D eigenvalue weighted by Crippen LogP contribution is 2.26. The first kappa shape index (κ1) is 64.3. The summed E-state index contributed by atoms with van der Waals surface area (Å²) in [7, 11) is 0. The van der Waals surface area contributed by atoms with Crippen molar-refractivity contribution in [2.45, 2.75) is 235 Å². The minimum Gasteiger partial charge on any atom is -0.457 e. The van der Waals surface area contributed by atoms with Crippen molar-refractivity contribution >= 4 is 5.97 Å². The lowest BCUT2D eigenvalue weighted by Crippen LogP contribution is -2.61. The van der Waals surface area contributed by atoms with Gasteiger partial charge in [0.05, 0.1) is 26.4 Å². The lowest BCUT2D eigenvalue weighted by Gasteiger charge is -2.42. The first-order chi connectivity index (χ1) is 34.6. The zero-order valence-electron chi connectivity index (χ0n) is 43.4. The zero-order valence-corrected chi connectivity index (χ0v) is 43.4. The van der Waals surface area contributed by atoms with Crippen molar-refractivity contribution in [2.24, 2.45) is 0 Å². The van der Waals surface area contributed by atoms with E-state index in [2.05, 4.69) is 86.8 Å². The molecule has 71 heavy (non-hydrogen) atoms. The molecule has 2 aliphatic heterocycles. The lowest BCUT2D eigenvalue weighted by atomic mass is 9.98. The average molecular weight is 1010 g/mol. The molecule has 14 heteroatoms. The van der Waals surface area contributed by atoms with Crippen molar-refractivity contribution < 1.29 is 69.0 Å². The molecule has 7 N–H and O–H groups in total. The van der Waals surface area contributed by atoms with E-state index in [0.29, 0.717) is 13.0 Å². The van der Waals surface area contributed by atoms with Crippen LogP contribution < -0.4 is 0 Å². The van der Waals surface area contributed by atoms with Crippen molar-refractivity contribution in [3.05, 3.63) is 85.1 Å². The summed E-state index contributed by atoms with van der Waals surface area (Å²) in [5.74, 6) is -0.461. The van der Waals surface area contributed by atoms with Gasteiger partial charge in [0.2, 0.25) is 0 Å². The van der Waals surface area contributed by atoms with Crippen molar-refractivity contribution in [1.82, 2.24) is 0 Å². The summed E-state index contributed by atoms with van der Waals surface area (Å²) in [5.41, 5.74) is 0. The molecular formula is C57H96O14. The highest BCUT2D eigenvalue weighted by Gasteiger charge is 2.47. The summed E-state index contributed by atoms with van der Waals surface area (Å²) < 4.78 is 34.2. The SMILES string of the molecule is CC/C=C\C/C=C\C/C=C\C/C=C\C/C=C\C/C=C\CCC(=O)OC(COCCCCCCCCCC/C=C\CCCCCCCC)COC1OC(COC2OC(CO)C(O)C(O)C2O)C(O)C(O)C1O. The van der Waals surface area contributed by atoms with Crippen molar-refractivity contribution in [3.63, 3.8) is 0 Å². The predicted molar refractivity (Wildman–Crippen MR) is 279 cm³/mol. The third kappa shape index (κ3) is 30.8. The Morgan fingerprint density at radius 1 is 0.479 bits per heavy atom. The van der Waals surface area contributed by atoms with E-state index in [9.17, 15) is 40.5 Å². The first-order valence-corrected chi connectivity index (χ1v) is 27.2. The van der Waals surface area contributed by atoms with Crippen LogP contribution in [0.1, 0.15) is 168 Å². The molecule has 0 aromatic rings. The van der Waals surface area contributed by atoms with Crippen LogP contribution >= 0.6 is 0 Å². The Morgan fingerprint density at radius 3 is 1.44 bits per heavy atom. The monoisotopic (exact) mass is 1000 g/mol. The Hall–Kier alpha value is -2.83. The summed E-state index contributed by atoms with van der Waals surface area (Å²) >= 11 is 0. The molecule has 11 unspecified atom stereocenters. The van der Waals surface area contributed by atoms with Crippen LogP contribution in [0.15, 0.2) is 85.1 Å². The third-order valence-electron chi connectivity index (χ3n) is 12.4. The number of ether oxygens (including phenoxy) is 6. The van der Waals surface area contributed by atoms with Crippen LogP contribution in [0, 0.1) is 0 Å². The molecule has 0 saturated carbocycles. The molecule has 0 bridgehead atoms. The minimum atomic E-state index is -1.72. The van der Waals surface area contributed by atoms with Crippen LogP contribution in [0.25, 0.3) is 0 Å². The van der Waals surface area contributed by atoms with E-state index in [4.69, 9.17) is 28.4 Å². The molecule has 0 spiro atoms. The molecule has 2 fully saturated rings. The first-order valence-electron chi connectivity index (χ1n) is 27.2. The number of unbranched alkanes of at least 4 members (excludes halogenated alkanes) is 14. The van der Waals surface area contributed by atoms with E-state index in [1.54, 1.807) is 0 Å². The van der Waals surface area contributed by atoms with Crippen LogP contribution in [-0.2, 0) is 33.2 Å². The molecule has 0 radical (unpaired) electrons. The second-order valence-electron chi connectivity index (χ2n) is 18.7. The average Bonchev–Trinajstić information content (AvgIpc) is 3.37. The van der Waals surface area contributed by atoms with Gasteiger partial charge >= 0.3 is 5.97 Å². The maximum absolute atomic E-state index is 13.0. The predicted octanol–water partition coefficient (Wildman–Crippen LogP) is 8.85. The lowest BCUT2D eigenvalue weighted by molar-refractivity contribution is -0.332. The highest BCUT2D eigenvalue weighted by molar-refractivity contribution is 5.69. The van der Waals surface area contributed by atoms with Gasteiger partial charge in [0.1, 0.15) is 54.9 Å². The van der Waals surface area contributed by atoms with Gasteiger partial charge in [-0.1, -0.05) is 170 Å². The standard InChI is InChI=1S/C57H96O14/c1-3-5-7-9-11-13-15-17-19-21-23-24-26-28-30-32-34-36-38-40-49(59)69-46(43-66-41-39-37-35-33-31-29-27-25-22-20-18-16-14-12-10-8-6-4-2)44-67-56-55(65)53(63)51(61)48(71-56)45-68-57-54(64)52(62)50(60)47(42-58)70-57/h5,7,11,13,17-20,23-24,28,30,34,36,46-48,50-58,60-65H,3-4,6,8-10,12,14-16,21-22,25-27,29,31-33,35,37-45H2,1-2H3/b7-5-,13-11-,19-17-,20-18-,24-23-,30-28-,36-34-. The Kier molecular flexibility index (Phi) is 39.4. The van der Waals surface area contributed by atoms with Gasteiger partial charge in [0.15, 0.2) is 12.6 Å². The molecule has 408 valence electrons. The van der Waals surface area contributed by atoms with Gasteiger partial charge in [0, 0.05) is 13.0 Å². The van der Waals surface area contributed by atoms with Crippen molar-refractivity contribution in [3.8, 4) is 0 Å². The van der Waals surface area contributed by atoms with Crippen LogP contribution in [0.5, 0.6) is 0 Å². The molecule has 2 saturated heterocycles. The second kappa shape index (κ2) is 43.6. The second-order valence-corrected chi connectivity index (χ2v) is 18.7. The van der Waals surface area contributed by atoms with Gasteiger partial charge in [-0.25, -0.2) is 0 Å². The maximum atomic E-state index is 13.0. The molecule has 0 aromatic heterocycles. The normalized spacial score (nSPS) is 26.0. The van der Waals surface area contributed by atoms with Crippen molar-refractivity contribution in [1.29, 1.82) is 0 Å². The molecule has 2 aliphatic rings. The topological polar surface area (TPSA) is 214 Å². The summed E-state index contributed by atoms with van der Waals surface area (Å²) in [6.07, 6.45) is 39.4. The Balaban J connectivity index is 1.79. The maximum Gasteiger partial charge on any atom is 0.306 e. The third-order valence-corrected chi connectivity index (χ3v) is 12.4. The van der Waals surface area contributed by atoms with Gasteiger partial charge in [-0.05, 0) is 77.0 Å². The smallest absolute Gasteiger partial charge is 0.306 e. The fourth-order valence-corrected chi connectivity index (χ4v) is 8.01. The number of allylic oxidation sites excluding steroid dienone is 14. The molecular weight excluding hydrogens is 909 g/mol. The number of esters is 1. The fraction of sp³-hybridized carbons (Fsp3) is 0.737. The van der Waals surface area contributed by atoms with Crippen LogP contribution in [0.2, 0.25) is 0 Å². The summed E-state index contributed by atoms with van der Waals surface area (Å²) in [6, 6.07) is 0. The van der Waals surface area contributed by atoms with E-state index >= 15 is 0 Å². The molecule has 0 aliphatic carbocycles. The summed E-state index contributed by atoms with van der Waals surface area (Å²) in [4.78, 5) is 13.0. The largest absolute Gasteiger partial charge is 0.457 e. The zero-order chi connectivity index (χ0) is 51.6. The minimum absolute atomic E-state index is 0.0245. The van der Waals surface area contributed by atoms with Gasteiger partial charge in [-0.15, -0.1) is 0 Å². The molecule has 14 nitrogen and oxygen atoms in total. The van der Waals surface area contributed by atoms with Gasteiger partial charge in [-0.2, -0.15) is 0 Å². The number of carbonyl (C=O) groups excluding carboxylic acids is 1. The van der Waals surface area contributed by atoms with Gasteiger partial charge in [-0.3, -0.25) is 4.79 Å². The molecule has 2 rings (SSSR count). The van der Waals surface area contributed by atoms with Crippen LogP contribution in [0.3, 0.4) is 0 Å². The quantitative estimate of drug-likeness (QED) is 0.0173. The molecule has 0 aromatic carbocycles. The van der Waals surface area contributed by atoms with E-state index < -0.39 is 86.7 Å². The van der Waals surface area contributed by atoms with E-state index in [1.807, 2.05) is 12.2 Å². The number of hydrogen-bond acceptors (Lipinski definition) is 14. The van der Waals surface area contributed by atoms with E-state index in [1.165, 1.54) is 83.5 Å². The summed E-state index contributed by atoms with van der Waals surface area (Å²) in [5, 5.41) is 72.2. The number of aliphatic hydroxyl groups excluding tert-OH is 7. The molecule has 0 amide bonds.